The number of benzene rings is 1. The van der Waals surface area contributed by atoms with Crippen LogP contribution in [0, 0.1) is 11.2 Å². The predicted molar refractivity (Wildman–Crippen MR) is 61.2 cm³/mol. The molecule has 15 heavy (non-hydrogen) atoms. The standard InChI is InChI=1S/C12H14BrFO/c1-12(5-6-12)10(15)7-8-3-2-4-9(14)11(8)13/h2-4,10,15H,5-7H2,1H3. The topological polar surface area (TPSA) is 20.2 Å². The van der Waals surface area contributed by atoms with Gasteiger partial charge in [0.25, 0.3) is 0 Å². The first-order valence-corrected chi connectivity index (χ1v) is 5.93. The van der Waals surface area contributed by atoms with Crippen molar-refractivity contribution in [1.29, 1.82) is 0 Å². The van der Waals surface area contributed by atoms with Gasteiger partial charge < -0.3 is 5.11 Å². The molecule has 3 heteroatoms. The molecule has 0 radical (unpaired) electrons. The van der Waals surface area contributed by atoms with Crippen LogP contribution < -0.4 is 0 Å². The monoisotopic (exact) mass is 272 g/mol. The second kappa shape index (κ2) is 3.87. The van der Waals surface area contributed by atoms with E-state index in [-0.39, 0.29) is 17.3 Å². The summed E-state index contributed by atoms with van der Waals surface area (Å²) >= 11 is 3.21. The largest absolute Gasteiger partial charge is 0.392 e. The number of aliphatic hydroxyl groups excluding tert-OH is 1. The molecule has 0 bridgehead atoms. The average molecular weight is 273 g/mol. The van der Waals surface area contributed by atoms with Gasteiger partial charge in [0.1, 0.15) is 5.82 Å². The van der Waals surface area contributed by atoms with Gasteiger partial charge in [0.05, 0.1) is 10.6 Å². The highest BCUT2D eigenvalue weighted by Gasteiger charge is 2.44. The molecule has 0 aromatic heterocycles. The van der Waals surface area contributed by atoms with Crippen molar-refractivity contribution in [2.75, 3.05) is 0 Å². The lowest BCUT2D eigenvalue weighted by Crippen LogP contribution is -2.21. The third kappa shape index (κ3) is 2.23. The lowest BCUT2D eigenvalue weighted by molar-refractivity contribution is 0.103. The summed E-state index contributed by atoms with van der Waals surface area (Å²) in [6.45, 7) is 2.07. The molecule has 1 nitrogen and oxygen atoms in total. The van der Waals surface area contributed by atoms with Crippen molar-refractivity contribution in [3.63, 3.8) is 0 Å². The Kier molecular flexibility index (Phi) is 2.86. The highest BCUT2D eigenvalue weighted by molar-refractivity contribution is 9.10. The fourth-order valence-corrected chi connectivity index (χ4v) is 2.12. The van der Waals surface area contributed by atoms with Crippen molar-refractivity contribution < 1.29 is 9.50 Å². The van der Waals surface area contributed by atoms with Crippen molar-refractivity contribution in [1.82, 2.24) is 0 Å². The molecule has 1 atom stereocenters. The Hall–Kier alpha value is -0.410. The summed E-state index contributed by atoms with van der Waals surface area (Å²) in [7, 11) is 0. The Morgan fingerprint density at radius 2 is 2.20 bits per heavy atom. The minimum atomic E-state index is -0.365. The molecule has 1 unspecified atom stereocenters. The van der Waals surface area contributed by atoms with Crippen LogP contribution in [0.3, 0.4) is 0 Å². The molecule has 1 N–H and O–H groups in total. The zero-order chi connectivity index (χ0) is 11.1. The summed E-state index contributed by atoms with van der Waals surface area (Å²) in [6, 6.07) is 4.94. The number of halogens is 2. The maximum Gasteiger partial charge on any atom is 0.137 e. The normalized spacial score (nSPS) is 20.0. The lowest BCUT2D eigenvalue weighted by atomic mass is 9.95. The average Bonchev–Trinajstić information content (AvgIpc) is 2.93. The minimum absolute atomic E-state index is 0.0613. The third-order valence-corrected chi connectivity index (χ3v) is 4.18. The number of rotatable bonds is 3. The molecule has 0 saturated heterocycles. The van der Waals surface area contributed by atoms with E-state index >= 15 is 0 Å². The van der Waals surface area contributed by atoms with Crippen molar-refractivity contribution in [3.05, 3.63) is 34.1 Å². The van der Waals surface area contributed by atoms with Crippen molar-refractivity contribution in [2.24, 2.45) is 5.41 Å². The first-order chi connectivity index (χ1) is 7.03. The molecule has 1 aliphatic carbocycles. The van der Waals surface area contributed by atoms with Gasteiger partial charge in [0, 0.05) is 6.42 Å². The van der Waals surface area contributed by atoms with Gasteiger partial charge >= 0.3 is 0 Å². The van der Waals surface area contributed by atoms with Gasteiger partial charge in [0.2, 0.25) is 0 Å². The van der Waals surface area contributed by atoms with Gasteiger partial charge in [-0.2, -0.15) is 0 Å². The van der Waals surface area contributed by atoms with Gasteiger partial charge in [-0.25, -0.2) is 4.39 Å². The van der Waals surface area contributed by atoms with E-state index in [0.717, 1.165) is 18.4 Å². The van der Waals surface area contributed by atoms with E-state index in [1.807, 2.05) is 6.07 Å². The van der Waals surface area contributed by atoms with E-state index in [1.165, 1.54) is 6.07 Å². The van der Waals surface area contributed by atoms with Gasteiger partial charge in [-0.15, -0.1) is 0 Å². The van der Waals surface area contributed by atoms with E-state index < -0.39 is 0 Å². The summed E-state index contributed by atoms with van der Waals surface area (Å²) in [5, 5.41) is 9.97. The predicted octanol–water partition coefficient (Wildman–Crippen LogP) is 3.29. The second-order valence-electron chi connectivity index (χ2n) is 4.59. The van der Waals surface area contributed by atoms with E-state index in [1.54, 1.807) is 6.07 Å². The summed E-state index contributed by atoms with van der Waals surface area (Å²) in [6.07, 6.45) is 2.30. The van der Waals surface area contributed by atoms with Crippen molar-refractivity contribution in [2.45, 2.75) is 32.3 Å². The van der Waals surface area contributed by atoms with Crippen LogP contribution in [-0.4, -0.2) is 11.2 Å². The zero-order valence-electron chi connectivity index (χ0n) is 8.63. The summed E-state index contributed by atoms with van der Waals surface area (Å²) in [5.41, 5.74) is 0.904. The van der Waals surface area contributed by atoms with Gasteiger partial charge in [-0.3, -0.25) is 0 Å². The zero-order valence-corrected chi connectivity index (χ0v) is 10.2. The number of hydrogen-bond donors (Lipinski definition) is 1. The van der Waals surface area contributed by atoms with Crippen LogP contribution >= 0.6 is 15.9 Å². The molecule has 2 rings (SSSR count). The highest BCUT2D eigenvalue weighted by atomic mass is 79.9. The molecule has 1 aromatic carbocycles. The molecular formula is C12H14BrFO. The van der Waals surface area contributed by atoms with Gasteiger partial charge in [0.15, 0.2) is 0 Å². The molecule has 1 aliphatic rings. The molecule has 1 fully saturated rings. The van der Waals surface area contributed by atoms with Crippen LogP contribution in [0.2, 0.25) is 0 Å². The molecule has 0 heterocycles. The van der Waals surface area contributed by atoms with Crippen molar-refractivity contribution >= 4 is 15.9 Å². The summed E-state index contributed by atoms with van der Waals surface area (Å²) in [4.78, 5) is 0. The van der Waals surface area contributed by atoms with Crippen LogP contribution in [0.15, 0.2) is 22.7 Å². The van der Waals surface area contributed by atoms with Crippen LogP contribution in [0.1, 0.15) is 25.3 Å². The Morgan fingerprint density at radius 1 is 1.53 bits per heavy atom. The Bertz CT molecular complexity index is 374. The second-order valence-corrected chi connectivity index (χ2v) is 5.38. The first kappa shape index (κ1) is 11.1. The van der Waals surface area contributed by atoms with Gasteiger partial charge in [-0.1, -0.05) is 19.1 Å². The fourth-order valence-electron chi connectivity index (χ4n) is 1.69. The van der Waals surface area contributed by atoms with Crippen molar-refractivity contribution in [3.8, 4) is 0 Å². The third-order valence-electron chi connectivity index (χ3n) is 3.29. The fraction of sp³-hybridized carbons (Fsp3) is 0.500. The molecule has 1 aromatic rings. The first-order valence-electron chi connectivity index (χ1n) is 5.14. The minimum Gasteiger partial charge on any atom is -0.392 e. The molecular weight excluding hydrogens is 259 g/mol. The maximum absolute atomic E-state index is 13.2. The van der Waals surface area contributed by atoms with E-state index in [2.05, 4.69) is 22.9 Å². The SMILES string of the molecule is CC1(C(O)Cc2cccc(F)c2Br)CC1. The molecule has 0 amide bonds. The lowest BCUT2D eigenvalue weighted by Gasteiger charge is -2.18. The van der Waals surface area contributed by atoms with Crippen LogP contribution in [-0.2, 0) is 6.42 Å². The number of hydrogen-bond acceptors (Lipinski definition) is 1. The van der Waals surface area contributed by atoms with E-state index in [4.69, 9.17) is 0 Å². The van der Waals surface area contributed by atoms with Crippen LogP contribution in [0.5, 0.6) is 0 Å². The quantitative estimate of drug-likeness (QED) is 0.896. The van der Waals surface area contributed by atoms with Crippen LogP contribution in [0.25, 0.3) is 0 Å². The summed E-state index contributed by atoms with van der Waals surface area (Å²) in [5.74, 6) is -0.263. The molecule has 82 valence electrons. The molecule has 0 spiro atoms. The highest BCUT2D eigenvalue weighted by Crippen LogP contribution is 2.49. The smallest absolute Gasteiger partial charge is 0.137 e. The number of aliphatic hydroxyl groups is 1. The molecule has 0 aliphatic heterocycles. The van der Waals surface area contributed by atoms with E-state index in [9.17, 15) is 9.50 Å². The summed E-state index contributed by atoms with van der Waals surface area (Å²) < 4.78 is 13.7. The maximum atomic E-state index is 13.2. The Morgan fingerprint density at radius 3 is 2.80 bits per heavy atom. The van der Waals surface area contributed by atoms with E-state index in [0.29, 0.717) is 10.9 Å². The van der Waals surface area contributed by atoms with Gasteiger partial charge in [-0.05, 0) is 45.8 Å². The Labute approximate surface area is 97.4 Å². The Balaban J connectivity index is 2.14. The molecule has 1 saturated carbocycles. The van der Waals surface area contributed by atoms with Crippen LogP contribution in [0.4, 0.5) is 4.39 Å².